The van der Waals surface area contributed by atoms with Crippen molar-refractivity contribution in [2.75, 3.05) is 0 Å². The highest BCUT2D eigenvalue weighted by molar-refractivity contribution is 5.59. The molecule has 0 saturated carbocycles. The van der Waals surface area contributed by atoms with Crippen molar-refractivity contribution in [3.05, 3.63) is 47.8 Å². The van der Waals surface area contributed by atoms with Gasteiger partial charge < -0.3 is 5.73 Å². The predicted octanol–water partition coefficient (Wildman–Crippen LogP) is 1.91. The van der Waals surface area contributed by atoms with Crippen molar-refractivity contribution < 1.29 is 0 Å². The van der Waals surface area contributed by atoms with Gasteiger partial charge in [0, 0.05) is 18.3 Å². The van der Waals surface area contributed by atoms with E-state index in [4.69, 9.17) is 5.73 Å². The Morgan fingerprint density at radius 2 is 2.00 bits per heavy atom. The normalized spacial score (nSPS) is 10.3. The molecule has 0 aliphatic heterocycles. The molecule has 3 heteroatoms. The number of rotatable bonds is 2. The quantitative estimate of drug-likeness (QED) is 0.803. The monoisotopic (exact) mass is 199 g/mol. The standard InChI is InChI=1S/C12H13N3/c1-9-4-2-3-5-11(9)12-14-7-6-10(8-13)15-12/h2-7H,8,13H2,1H3. The van der Waals surface area contributed by atoms with Crippen molar-refractivity contribution in [3.8, 4) is 11.4 Å². The second-order valence-corrected chi connectivity index (χ2v) is 3.39. The maximum atomic E-state index is 5.54. The molecular formula is C12H13N3. The number of nitrogens with zero attached hydrogens (tertiary/aromatic N) is 2. The SMILES string of the molecule is Cc1ccccc1-c1nccc(CN)n1. The third kappa shape index (κ3) is 2.02. The van der Waals surface area contributed by atoms with E-state index in [2.05, 4.69) is 9.97 Å². The van der Waals surface area contributed by atoms with Gasteiger partial charge in [-0.2, -0.15) is 0 Å². The highest BCUT2D eigenvalue weighted by Gasteiger charge is 2.03. The molecule has 0 amide bonds. The third-order valence-corrected chi connectivity index (χ3v) is 2.31. The summed E-state index contributed by atoms with van der Waals surface area (Å²) in [5.41, 5.74) is 8.64. The van der Waals surface area contributed by atoms with E-state index < -0.39 is 0 Å². The Morgan fingerprint density at radius 3 is 2.73 bits per heavy atom. The number of aryl methyl sites for hydroxylation is 1. The van der Waals surface area contributed by atoms with Crippen LogP contribution in [0.25, 0.3) is 11.4 Å². The molecule has 1 aromatic carbocycles. The Kier molecular flexibility index (Phi) is 2.74. The average molecular weight is 199 g/mol. The second-order valence-electron chi connectivity index (χ2n) is 3.39. The van der Waals surface area contributed by atoms with Crippen LogP contribution in [0.15, 0.2) is 36.5 Å². The Balaban J connectivity index is 2.49. The van der Waals surface area contributed by atoms with Crippen LogP contribution in [0.5, 0.6) is 0 Å². The summed E-state index contributed by atoms with van der Waals surface area (Å²) < 4.78 is 0. The van der Waals surface area contributed by atoms with E-state index in [1.807, 2.05) is 37.3 Å². The molecule has 76 valence electrons. The molecule has 0 aliphatic carbocycles. The van der Waals surface area contributed by atoms with Crippen LogP contribution in [0.1, 0.15) is 11.3 Å². The van der Waals surface area contributed by atoms with Gasteiger partial charge in [-0.3, -0.25) is 0 Å². The molecule has 1 aromatic heterocycles. The van der Waals surface area contributed by atoms with Crippen molar-refractivity contribution in [1.82, 2.24) is 9.97 Å². The topological polar surface area (TPSA) is 51.8 Å². The van der Waals surface area contributed by atoms with E-state index in [0.29, 0.717) is 6.54 Å². The summed E-state index contributed by atoms with van der Waals surface area (Å²) in [5.74, 6) is 0.746. The maximum absolute atomic E-state index is 5.54. The fourth-order valence-electron chi connectivity index (χ4n) is 1.46. The van der Waals surface area contributed by atoms with Crippen LogP contribution >= 0.6 is 0 Å². The third-order valence-electron chi connectivity index (χ3n) is 2.31. The number of aromatic nitrogens is 2. The predicted molar refractivity (Wildman–Crippen MR) is 60.1 cm³/mol. The van der Waals surface area contributed by atoms with Gasteiger partial charge in [0.1, 0.15) is 0 Å². The van der Waals surface area contributed by atoms with E-state index in [-0.39, 0.29) is 0 Å². The van der Waals surface area contributed by atoms with Gasteiger partial charge in [0.25, 0.3) is 0 Å². The Morgan fingerprint density at radius 1 is 1.20 bits per heavy atom. The van der Waals surface area contributed by atoms with Crippen LogP contribution in [0.3, 0.4) is 0 Å². The van der Waals surface area contributed by atoms with Gasteiger partial charge in [-0.25, -0.2) is 9.97 Å². The summed E-state index contributed by atoms with van der Waals surface area (Å²) in [6, 6.07) is 9.90. The maximum Gasteiger partial charge on any atom is 0.159 e. The lowest BCUT2D eigenvalue weighted by atomic mass is 10.1. The minimum absolute atomic E-state index is 0.446. The lowest BCUT2D eigenvalue weighted by molar-refractivity contribution is 0.968. The highest BCUT2D eigenvalue weighted by Crippen LogP contribution is 2.18. The molecule has 0 fully saturated rings. The van der Waals surface area contributed by atoms with Crippen LogP contribution in [-0.4, -0.2) is 9.97 Å². The molecule has 0 bridgehead atoms. The molecular weight excluding hydrogens is 186 g/mol. The molecule has 0 spiro atoms. The molecule has 0 radical (unpaired) electrons. The molecule has 3 nitrogen and oxygen atoms in total. The Bertz CT molecular complexity index is 466. The van der Waals surface area contributed by atoms with E-state index in [9.17, 15) is 0 Å². The van der Waals surface area contributed by atoms with Crippen LogP contribution in [-0.2, 0) is 6.54 Å². The van der Waals surface area contributed by atoms with Crippen molar-refractivity contribution in [2.45, 2.75) is 13.5 Å². The first-order valence-electron chi connectivity index (χ1n) is 4.89. The number of nitrogens with two attached hydrogens (primary N) is 1. The summed E-state index contributed by atoms with van der Waals surface area (Å²) in [6.45, 7) is 2.50. The zero-order valence-corrected chi connectivity index (χ0v) is 8.64. The number of hydrogen-bond acceptors (Lipinski definition) is 3. The van der Waals surface area contributed by atoms with Gasteiger partial charge in [-0.05, 0) is 18.6 Å². The largest absolute Gasteiger partial charge is 0.325 e. The van der Waals surface area contributed by atoms with Crippen LogP contribution < -0.4 is 5.73 Å². The van der Waals surface area contributed by atoms with E-state index >= 15 is 0 Å². The van der Waals surface area contributed by atoms with Gasteiger partial charge in [0.05, 0.1) is 5.69 Å². The summed E-state index contributed by atoms with van der Waals surface area (Å²) in [4.78, 5) is 8.64. The summed E-state index contributed by atoms with van der Waals surface area (Å²) >= 11 is 0. The minimum atomic E-state index is 0.446. The second kappa shape index (κ2) is 4.19. The van der Waals surface area contributed by atoms with Gasteiger partial charge in [-0.1, -0.05) is 24.3 Å². The molecule has 2 rings (SSSR count). The summed E-state index contributed by atoms with van der Waals surface area (Å²) in [5, 5.41) is 0. The molecule has 0 saturated heterocycles. The molecule has 1 heterocycles. The smallest absolute Gasteiger partial charge is 0.159 e. The Hall–Kier alpha value is -1.74. The zero-order chi connectivity index (χ0) is 10.7. The van der Waals surface area contributed by atoms with Crippen molar-refractivity contribution in [1.29, 1.82) is 0 Å². The molecule has 2 N–H and O–H groups in total. The number of hydrogen-bond donors (Lipinski definition) is 1. The van der Waals surface area contributed by atoms with E-state index in [0.717, 1.165) is 17.1 Å². The van der Waals surface area contributed by atoms with Gasteiger partial charge in [0.15, 0.2) is 5.82 Å². The fraction of sp³-hybridized carbons (Fsp3) is 0.167. The van der Waals surface area contributed by atoms with Crippen LogP contribution in [0.4, 0.5) is 0 Å². The van der Waals surface area contributed by atoms with E-state index in [1.165, 1.54) is 5.56 Å². The number of benzene rings is 1. The van der Waals surface area contributed by atoms with Crippen LogP contribution in [0.2, 0.25) is 0 Å². The molecule has 2 aromatic rings. The van der Waals surface area contributed by atoms with Gasteiger partial charge in [-0.15, -0.1) is 0 Å². The lowest BCUT2D eigenvalue weighted by Gasteiger charge is -2.04. The van der Waals surface area contributed by atoms with Crippen molar-refractivity contribution in [3.63, 3.8) is 0 Å². The minimum Gasteiger partial charge on any atom is -0.325 e. The average Bonchev–Trinajstić information content (AvgIpc) is 2.30. The van der Waals surface area contributed by atoms with Crippen molar-refractivity contribution >= 4 is 0 Å². The first-order valence-corrected chi connectivity index (χ1v) is 4.89. The zero-order valence-electron chi connectivity index (χ0n) is 8.64. The lowest BCUT2D eigenvalue weighted by Crippen LogP contribution is -2.01. The molecule has 15 heavy (non-hydrogen) atoms. The highest BCUT2D eigenvalue weighted by atomic mass is 14.9. The Labute approximate surface area is 89.0 Å². The van der Waals surface area contributed by atoms with Gasteiger partial charge >= 0.3 is 0 Å². The fourth-order valence-corrected chi connectivity index (χ4v) is 1.46. The van der Waals surface area contributed by atoms with Crippen LogP contribution in [0, 0.1) is 6.92 Å². The van der Waals surface area contributed by atoms with Gasteiger partial charge in [0.2, 0.25) is 0 Å². The summed E-state index contributed by atoms with van der Waals surface area (Å²) in [6.07, 6.45) is 1.75. The molecule has 0 unspecified atom stereocenters. The molecule has 0 aliphatic rings. The first kappa shape index (κ1) is 9.80. The van der Waals surface area contributed by atoms with E-state index in [1.54, 1.807) is 6.20 Å². The van der Waals surface area contributed by atoms with Crippen molar-refractivity contribution in [2.24, 2.45) is 5.73 Å². The molecule has 0 atom stereocenters. The summed E-state index contributed by atoms with van der Waals surface area (Å²) in [7, 11) is 0. The first-order chi connectivity index (χ1) is 7.31.